The highest BCUT2D eigenvalue weighted by Crippen LogP contribution is 2.25. The van der Waals surface area contributed by atoms with Gasteiger partial charge in [0.25, 0.3) is 0 Å². The van der Waals surface area contributed by atoms with E-state index in [0.29, 0.717) is 22.4 Å². The van der Waals surface area contributed by atoms with Gasteiger partial charge in [-0.3, -0.25) is 0 Å². The first kappa shape index (κ1) is 14.8. The monoisotopic (exact) mass is 318 g/mol. The van der Waals surface area contributed by atoms with Gasteiger partial charge in [-0.2, -0.15) is 0 Å². The molecule has 0 radical (unpaired) electrons. The van der Waals surface area contributed by atoms with E-state index in [1.807, 2.05) is 0 Å². The van der Waals surface area contributed by atoms with Crippen molar-refractivity contribution < 1.29 is 24.1 Å². The molecule has 0 aliphatic rings. The summed E-state index contributed by atoms with van der Waals surface area (Å²) in [7, 11) is 2.81. The van der Waals surface area contributed by atoms with Crippen molar-refractivity contribution in [2.75, 3.05) is 26.2 Å². The Hall–Kier alpha value is -1.27. The molecule has 0 saturated heterocycles. The van der Waals surface area contributed by atoms with Crippen LogP contribution in [0.4, 0.5) is 0 Å². The molecule has 1 rings (SSSR count). The maximum absolute atomic E-state index is 11.5. The van der Waals surface area contributed by atoms with E-state index >= 15 is 0 Å². The zero-order valence-corrected chi connectivity index (χ0v) is 11.8. The highest BCUT2D eigenvalue weighted by molar-refractivity contribution is 9.09. The molecule has 1 atom stereocenters. The Morgan fingerprint density at radius 3 is 2.72 bits per heavy atom. The number of hydrogen-bond donors (Lipinski definition) is 1. The first-order chi connectivity index (χ1) is 8.62. The molecule has 5 nitrogen and oxygen atoms in total. The number of carbonyl (C=O) groups excluding carboxylic acids is 1. The van der Waals surface area contributed by atoms with Gasteiger partial charge >= 0.3 is 5.97 Å². The smallest absolute Gasteiger partial charge is 0.341 e. The van der Waals surface area contributed by atoms with E-state index in [4.69, 9.17) is 9.47 Å². The average molecular weight is 319 g/mol. The van der Waals surface area contributed by atoms with Crippen LogP contribution < -0.4 is 9.47 Å². The molecule has 0 aromatic heterocycles. The van der Waals surface area contributed by atoms with Crippen molar-refractivity contribution in [1.29, 1.82) is 0 Å². The quantitative estimate of drug-likeness (QED) is 0.637. The van der Waals surface area contributed by atoms with Crippen LogP contribution in [0, 0.1) is 0 Å². The Morgan fingerprint density at radius 2 is 2.17 bits per heavy atom. The van der Waals surface area contributed by atoms with Crippen molar-refractivity contribution >= 4 is 21.9 Å². The molecule has 100 valence electrons. The first-order valence-electron chi connectivity index (χ1n) is 5.25. The first-order valence-corrected chi connectivity index (χ1v) is 6.37. The van der Waals surface area contributed by atoms with Crippen molar-refractivity contribution in [3.05, 3.63) is 23.8 Å². The van der Waals surface area contributed by atoms with Gasteiger partial charge in [0, 0.05) is 11.4 Å². The molecular formula is C12H15BrO5. The van der Waals surface area contributed by atoms with Crippen molar-refractivity contribution in [3.63, 3.8) is 0 Å². The topological polar surface area (TPSA) is 65.0 Å². The lowest BCUT2D eigenvalue weighted by Gasteiger charge is -2.13. The highest BCUT2D eigenvalue weighted by Gasteiger charge is 2.15. The van der Waals surface area contributed by atoms with Gasteiger partial charge in [0.2, 0.25) is 0 Å². The maximum Gasteiger partial charge on any atom is 0.341 e. The molecule has 0 amide bonds. The molecule has 0 saturated carbocycles. The molecule has 1 aromatic carbocycles. The van der Waals surface area contributed by atoms with Crippen LogP contribution >= 0.6 is 15.9 Å². The molecule has 0 aliphatic heterocycles. The predicted molar refractivity (Wildman–Crippen MR) is 69.6 cm³/mol. The van der Waals surface area contributed by atoms with E-state index in [1.165, 1.54) is 14.2 Å². The molecule has 0 fully saturated rings. The van der Waals surface area contributed by atoms with Gasteiger partial charge in [-0.1, -0.05) is 15.9 Å². The minimum atomic E-state index is -0.651. The number of alkyl halides is 1. The second-order valence-electron chi connectivity index (χ2n) is 3.47. The average Bonchev–Trinajstić information content (AvgIpc) is 2.43. The zero-order chi connectivity index (χ0) is 13.5. The third kappa shape index (κ3) is 3.89. The van der Waals surface area contributed by atoms with Crippen molar-refractivity contribution in [2.45, 2.75) is 6.10 Å². The van der Waals surface area contributed by atoms with Crippen molar-refractivity contribution in [1.82, 2.24) is 0 Å². The second kappa shape index (κ2) is 7.23. The molecule has 0 aliphatic carbocycles. The Labute approximate surface area is 114 Å². The van der Waals surface area contributed by atoms with E-state index in [0.717, 1.165) is 0 Å². The zero-order valence-electron chi connectivity index (χ0n) is 10.2. The number of ether oxygens (including phenoxy) is 3. The third-order valence-electron chi connectivity index (χ3n) is 2.20. The summed E-state index contributed by atoms with van der Waals surface area (Å²) in [6, 6.07) is 4.77. The highest BCUT2D eigenvalue weighted by atomic mass is 79.9. The van der Waals surface area contributed by atoms with Gasteiger partial charge in [0.05, 0.1) is 20.3 Å². The van der Waals surface area contributed by atoms with Gasteiger partial charge in [0.1, 0.15) is 23.7 Å². The Morgan fingerprint density at radius 1 is 1.44 bits per heavy atom. The number of benzene rings is 1. The number of rotatable bonds is 6. The second-order valence-corrected chi connectivity index (χ2v) is 4.12. The molecule has 18 heavy (non-hydrogen) atoms. The molecule has 0 bridgehead atoms. The Balaban J connectivity index is 2.93. The molecular weight excluding hydrogens is 304 g/mol. The third-order valence-corrected chi connectivity index (χ3v) is 2.95. The summed E-state index contributed by atoms with van der Waals surface area (Å²) in [6.45, 7) is 0.0718. The SMILES string of the molecule is COC(=O)c1ccc(OC)cc1OCC(O)CBr. The van der Waals surface area contributed by atoms with E-state index in [2.05, 4.69) is 20.7 Å². The number of hydrogen-bond acceptors (Lipinski definition) is 5. The van der Waals surface area contributed by atoms with Crippen LogP contribution in [0.1, 0.15) is 10.4 Å². The van der Waals surface area contributed by atoms with Gasteiger partial charge < -0.3 is 19.3 Å². The number of aliphatic hydroxyl groups excluding tert-OH is 1. The lowest BCUT2D eigenvalue weighted by atomic mass is 10.2. The van der Waals surface area contributed by atoms with Crippen LogP contribution in [0.2, 0.25) is 0 Å². The fourth-order valence-corrected chi connectivity index (χ4v) is 1.45. The largest absolute Gasteiger partial charge is 0.497 e. The summed E-state index contributed by atoms with van der Waals surface area (Å²) in [5.41, 5.74) is 0.292. The number of aliphatic hydroxyl groups is 1. The molecule has 0 heterocycles. The van der Waals surface area contributed by atoms with Crippen molar-refractivity contribution in [2.24, 2.45) is 0 Å². The van der Waals surface area contributed by atoms with Crippen LogP contribution in [0.5, 0.6) is 11.5 Å². The van der Waals surface area contributed by atoms with Gasteiger partial charge in [-0.05, 0) is 12.1 Å². The number of methoxy groups -OCH3 is 2. The van der Waals surface area contributed by atoms with Crippen LogP contribution in [0.25, 0.3) is 0 Å². The number of esters is 1. The predicted octanol–water partition coefficient (Wildman–Crippen LogP) is 1.62. The fourth-order valence-electron chi connectivity index (χ4n) is 1.26. The van der Waals surface area contributed by atoms with Gasteiger partial charge in [-0.25, -0.2) is 4.79 Å². The molecule has 1 unspecified atom stereocenters. The molecule has 0 spiro atoms. The Bertz CT molecular complexity index is 407. The fraction of sp³-hybridized carbons (Fsp3) is 0.417. The summed E-state index contributed by atoms with van der Waals surface area (Å²) < 4.78 is 15.1. The number of halogens is 1. The molecule has 6 heteroatoms. The molecule has 1 N–H and O–H groups in total. The van der Waals surface area contributed by atoms with E-state index in [9.17, 15) is 9.90 Å². The number of carbonyl (C=O) groups is 1. The molecule has 1 aromatic rings. The summed E-state index contributed by atoms with van der Waals surface area (Å²) in [5, 5.41) is 9.81. The summed E-state index contributed by atoms with van der Waals surface area (Å²) >= 11 is 3.13. The van der Waals surface area contributed by atoms with E-state index in [-0.39, 0.29) is 6.61 Å². The normalized spacial score (nSPS) is 11.8. The van der Waals surface area contributed by atoms with Crippen LogP contribution in [-0.2, 0) is 4.74 Å². The lowest BCUT2D eigenvalue weighted by molar-refractivity contribution is 0.0591. The van der Waals surface area contributed by atoms with E-state index in [1.54, 1.807) is 18.2 Å². The van der Waals surface area contributed by atoms with Gasteiger partial charge in [-0.15, -0.1) is 0 Å². The van der Waals surface area contributed by atoms with Gasteiger partial charge in [0.15, 0.2) is 0 Å². The van der Waals surface area contributed by atoms with E-state index < -0.39 is 12.1 Å². The van der Waals surface area contributed by atoms with Crippen LogP contribution in [0.15, 0.2) is 18.2 Å². The minimum Gasteiger partial charge on any atom is -0.497 e. The summed E-state index contributed by atoms with van der Waals surface area (Å²) in [6.07, 6.45) is -0.651. The summed E-state index contributed by atoms with van der Waals surface area (Å²) in [4.78, 5) is 11.5. The summed E-state index contributed by atoms with van der Waals surface area (Å²) in [5.74, 6) is 0.383. The van der Waals surface area contributed by atoms with Crippen LogP contribution in [-0.4, -0.2) is 43.3 Å². The minimum absolute atomic E-state index is 0.0718. The van der Waals surface area contributed by atoms with Crippen LogP contribution in [0.3, 0.4) is 0 Å². The maximum atomic E-state index is 11.5. The lowest BCUT2D eigenvalue weighted by Crippen LogP contribution is -2.19. The van der Waals surface area contributed by atoms with Crippen molar-refractivity contribution in [3.8, 4) is 11.5 Å². The standard InChI is InChI=1S/C12H15BrO5/c1-16-9-3-4-10(12(15)17-2)11(5-9)18-7-8(14)6-13/h3-5,8,14H,6-7H2,1-2H3. The Kier molecular flexibility index (Phi) is 5.94.